The van der Waals surface area contributed by atoms with Crippen molar-refractivity contribution in [3.63, 3.8) is 0 Å². The van der Waals surface area contributed by atoms with E-state index in [1.165, 1.54) is 30.6 Å². The number of carbonyl (C=O) groups excluding carboxylic acids is 5. The van der Waals surface area contributed by atoms with E-state index in [4.69, 9.17) is 14.2 Å². The maximum absolute atomic E-state index is 14.7. The van der Waals surface area contributed by atoms with Crippen LogP contribution in [-0.4, -0.2) is 114 Å². The molecule has 306 valence electrons. The molecule has 0 radical (unpaired) electrons. The number of sulfonamides is 1. The van der Waals surface area contributed by atoms with Gasteiger partial charge >= 0.3 is 12.0 Å². The number of imidazole rings is 1. The number of nitrogens with zero attached hydrogens (tertiary/aromatic N) is 3. The number of aromatic amines is 1. The molecule has 57 heavy (non-hydrogen) atoms. The first-order chi connectivity index (χ1) is 27.0. The fourth-order valence-corrected chi connectivity index (χ4v) is 8.36. The fourth-order valence-electron chi connectivity index (χ4n) is 7.00. The van der Waals surface area contributed by atoms with E-state index in [2.05, 4.69) is 42.2 Å². The summed E-state index contributed by atoms with van der Waals surface area (Å²) in [7, 11) is -1.20. The van der Waals surface area contributed by atoms with Gasteiger partial charge < -0.3 is 40.0 Å². The molecule has 3 aliphatic rings. The zero-order valence-corrected chi connectivity index (χ0v) is 33.2. The van der Waals surface area contributed by atoms with Gasteiger partial charge in [0.1, 0.15) is 35.5 Å². The van der Waals surface area contributed by atoms with Crippen molar-refractivity contribution in [3.05, 3.63) is 61.3 Å². The summed E-state index contributed by atoms with van der Waals surface area (Å²) in [4.78, 5) is 81.3. The molecule has 19 heteroatoms. The number of pyridine rings is 1. The molecule has 3 aromatic rings. The van der Waals surface area contributed by atoms with Crippen LogP contribution in [0.3, 0.4) is 0 Å². The Morgan fingerprint density at radius 2 is 1.88 bits per heavy atom. The second-order valence-corrected chi connectivity index (χ2v) is 17.6. The third-order valence-corrected chi connectivity index (χ3v) is 12.3. The molecule has 0 unspecified atom stereocenters. The highest BCUT2D eigenvalue weighted by Gasteiger charge is 2.62. The minimum atomic E-state index is -3.94. The summed E-state index contributed by atoms with van der Waals surface area (Å²) in [5.41, 5.74) is -1.99. The predicted molar refractivity (Wildman–Crippen MR) is 205 cm³/mol. The smallest absolute Gasteiger partial charge is 0.328 e. The maximum Gasteiger partial charge on any atom is 0.328 e. The quantitative estimate of drug-likeness (QED) is 0.108. The molecule has 1 aromatic carbocycles. The van der Waals surface area contributed by atoms with Crippen LogP contribution in [0.5, 0.6) is 11.6 Å². The van der Waals surface area contributed by atoms with Crippen molar-refractivity contribution in [2.45, 2.75) is 87.9 Å². The van der Waals surface area contributed by atoms with Crippen LogP contribution in [0.2, 0.25) is 0 Å². The van der Waals surface area contributed by atoms with Crippen molar-refractivity contribution in [1.82, 2.24) is 40.5 Å². The maximum atomic E-state index is 14.7. The number of urea groups is 1. The van der Waals surface area contributed by atoms with E-state index < -0.39 is 86.1 Å². The topological polar surface area (TPSA) is 240 Å². The van der Waals surface area contributed by atoms with Crippen LogP contribution in [0.1, 0.15) is 52.1 Å². The highest BCUT2D eigenvalue weighted by atomic mass is 32.2. The lowest BCUT2D eigenvalue weighted by molar-refractivity contribution is -0.143. The Labute approximate surface area is 329 Å². The molecule has 1 saturated heterocycles. The lowest BCUT2D eigenvalue weighted by Crippen LogP contribution is -2.61. The Hall–Kier alpha value is -5.72. The number of rotatable bonds is 15. The lowest BCUT2D eigenvalue weighted by Gasteiger charge is -2.35. The number of esters is 1. The Bertz CT molecular complexity index is 2150. The average Bonchev–Trinajstić information content (AvgIpc) is 4.05. The fraction of sp³-hybridized carbons (Fsp3) is 0.500. The van der Waals surface area contributed by atoms with Gasteiger partial charge in [-0.05, 0) is 54.3 Å². The number of ether oxygens (including phenoxy) is 3. The number of methoxy groups -OCH3 is 2. The summed E-state index contributed by atoms with van der Waals surface area (Å²) in [6.45, 7) is 8.82. The van der Waals surface area contributed by atoms with Crippen molar-refractivity contribution >= 4 is 50.5 Å². The van der Waals surface area contributed by atoms with Gasteiger partial charge in [-0.25, -0.2) is 28.0 Å². The molecule has 3 heterocycles. The summed E-state index contributed by atoms with van der Waals surface area (Å²) in [5, 5.41) is 8.81. The molecule has 2 saturated carbocycles. The van der Waals surface area contributed by atoms with Gasteiger partial charge in [-0.1, -0.05) is 26.8 Å². The van der Waals surface area contributed by atoms with E-state index in [1.54, 1.807) is 52.3 Å². The van der Waals surface area contributed by atoms with Gasteiger partial charge in [-0.2, -0.15) is 0 Å². The number of nitrogens with one attached hydrogen (secondary N) is 5. The molecule has 5 amide bonds. The Morgan fingerprint density at radius 3 is 2.49 bits per heavy atom. The van der Waals surface area contributed by atoms with E-state index >= 15 is 0 Å². The number of benzene rings is 1. The van der Waals surface area contributed by atoms with Crippen molar-refractivity contribution in [2.24, 2.45) is 11.3 Å². The molecule has 18 nitrogen and oxygen atoms in total. The summed E-state index contributed by atoms with van der Waals surface area (Å²) < 4.78 is 44.2. The number of carbonyl (C=O) groups is 5. The van der Waals surface area contributed by atoms with Gasteiger partial charge in [0.2, 0.25) is 27.7 Å². The first-order valence-electron chi connectivity index (χ1n) is 18.5. The van der Waals surface area contributed by atoms with E-state index in [0.29, 0.717) is 29.7 Å². The molecule has 5 N–H and O–H groups in total. The predicted octanol–water partition coefficient (Wildman–Crippen LogP) is 1.48. The van der Waals surface area contributed by atoms with Gasteiger partial charge in [0, 0.05) is 42.2 Å². The van der Waals surface area contributed by atoms with Crippen LogP contribution in [0, 0.1) is 11.3 Å². The molecule has 3 fully saturated rings. The van der Waals surface area contributed by atoms with Crippen molar-refractivity contribution in [3.8, 4) is 11.6 Å². The number of aromatic nitrogens is 3. The first-order valence-corrected chi connectivity index (χ1v) is 20.1. The van der Waals surface area contributed by atoms with Crippen molar-refractivity contribution < 1.29 is 46.6 Å². The summed E-state index contributed by atoms with van der Waals surface area (Å²) in [6.07, 6.45) is 6.12. The molecule has 2 aromatic heterocycles. The third kappa shape index (κ3) is 8.97. The third-order valence-electron chi connectivity index (χ3n) is 10.5. The number of fused-ring (bicyclic) bond motifs is 1. The normalized spacial score (nSPS) is 22.8. The Balaban J connectivity index is 1.27. The van der Waals surface area contributed by atoms with Crippen molar-refractivity contribution in [1.29, 1.82) is 0 Å². The highest BCUT2D eigenvalue weighted by Crippen LogP contribution is 2.45. The molecule has 0 spiro atoms. The Morgan fingerprint density at radius 1 is 1.12 bits per heavy atom. The second-order valence-electron chi connectivity index (χ2n) is 15.6. The van der Waals surface area contributed by atoms with E-state index in [-0.39, 0.29) is 31.7 Å². The summed E-state index contributed by atoms with van der Waals surface area (Å²) in [6, 6.07) is 2.68. The van der Waals surface area contributed by atoms with Gasteiger partial charge in [-0.15, -0.1) is 6.58 Å². The number of hydrogen-bond donors (Lipinski definition) is 5. The van der Waals surface area contributed by atoms with Gasteiger partial charge in [-0.3, -0.25) is 19.1 Å². The first kappa shape index (κ1) is 40.9. The minimum absolute atomic E-state index is 0.0274. The number of likely N-dealkylation sites (tertiary alicyclic amines) is 1. The van der Waals surface area contributed by atoms with Crippen LogP contribution < -0.4 is 30.1 Å². The minimum Gasteiger partial charge on any atom is -0.497 e. The van der Waals surface area contributed by atoms with Gasteiger partial charge in [0.25, 0.3) is 5.91 Å². The summed E-state index contributed by atoms with van der Waals surface area (Å²) in [5.74, 6) is -2.67. The molecule has 0 bridgehead atoms. The van der Waals surface area contributed by atoms with Crippen LogP contribution >= 0.6 is 0 Å². The van der Waals surface area contributed by atoms with Gasteiger partial charge in [0.05, 0.1) is 32.3 Å². The zero-order valence-electron chi connectivity index (χ0n) is 32.4. The number of amides is 5. The van der Waals surface area contributed by atoms with Crippen LogP contribution in [0.4, 0.5) is 4.79 Å². The molecule has 6 rings (SSSR count). The molecule has 1 aliphatic heterocycles. The molecular formula is C38H48N8O10S. The molecule has 6 atom stereocenters. The van der Waals surface area contributed by atoms with Crippen molar-refractivity contribution in [2.75, 3.05) is 20.8 Å². The lowest BCUT2D eigenvalue weighted by atomic mass is 9.85. The van der Waals surface area contributed by atoms with Crippen LogP contribution in [0.15, 0.2) is 55.6 Å². The number of H-pyrrole nitrogens is 1. The molecule has 2 aliphatic carbocycles. The van der Waals surface area contributed by atoms with E-state index in [9.17, 15) is 32.4 Å². The second kappa shape index (κ2) is 16.0. The average molecular weight is 809 g/mol. The SMILES string of the molecule is C=C[C@H]1C[C@@]1(NC(=O)[C@H]1C[C@@H](Oc2nccc3cc(OC)ccc23)CN1C(=O)[C@@H](NC(=O)N[C@H](Cc1cnc[nH]1)C(=O)OC)C(C)(C)C)C(=O)NS(=O)(=O)C1CC1. The summed E-state index contributed by atoms with van der Waals surface area (Å²) >= 11 is 0. The van der Waals surface area contributed by atoms with E-state index in [0.717, 1.165) is 5.39 Å². The largest absolute Gasteiger partial charge is 0.497 e. The standard InChI is InChI=1S/C38H48N8O10S/c1-7-22-17-38(22,35(50)45-57(52,53)26-9-10-26)44-31(47)29-16-25(56-32-27-11-8-24(54-5)14-21(27)12-13-40-32)19-46(29)33(48)30(37(2,3)4)43-36(51)42-28(34(49)55-6)15-23-18-39-20-41-23/h7-8,11-14,18,20,22,25-26,28-30H,1,9-10,15-17,19H2,2-6H3,(H,39,41)(H,44,47)(H,45,50)(H2,42,43,51)/t22-,25+,28+,29+,30+,38-/m0/s1. The number of hydrogen-bond acceptors (Lipinski definition) is 12. The monoisotopic (exact) mass is 808 g/mol. The van der Waals surface area contributed by atoms with Crippen LogP contribution in [-0.2, 0) is 40.4 Å². The highest BCUT2D eigenvalue weighted by molar-refractivity contribution is 7.91. The van der Waals surface area contributed by atoms with Gasteiger partial charge in [0.15, 0.2) is 0 Å². The van der Waals surface area contributed by atoms with Crippen LogP contribution in [0.25, 0.3) is 10.8 Å². The Kier molecular flexibility index (Phi) is 11.5. The zero-order chi connectivity index (χ0) is 41.3. The van der Waals surface area contributed by atoms with E-state index in [1.807, 2.05) is 6.07 Å². The molecular weight excluding hydrogens is 761 g/mol.